The predicted molar refractivity (Wildman–Crippen MR) is 105 cm³/mol. The predicted octanol–water partition coefficient (Wildman–Crippen LogP) is 0.295. The SMILES string of the molecule is CC(=O)NNc1ncnc2c1cnn2[C@@H]1O[C@H]([C@H](O)c2ccc(Cl)cc2)[C@@H](O)[C@H]1O. The number of carbonyl (C=O) groups is 1. The molecular formula is C18H19ClN6O5. The van der Waals surface area contributed by atoms with E-state index in [1.807, 2.05) is 0 Å². The summed E-state index contributed by atoms with van der Waals surface area (Å²) in [5.74, 6) is -0.0157. The summed E-state index contributed by atoms with van der Waals surface area (Å²) in [6.07, 6.45) is -3.48. The summed E-state index contributed by atoms with van der Waals surface area (Å²) in [5, 5.41) is 36.9. The Labute approximate surface area is 175 Å². The maximum absolute atomic E-state index is 11.1. The second-order valence-corrected chi connectivity index (χ2v) is 7.26. The van der Waals surface area contributed by atoms with Gasteiger partial charge in [-0.05, 0) is 17.7 Å². The molecule has 3 heterocycles. The lowest BCUT2D eigenvalue weighted by Gasteiger charge is -2.21. The molecule has 0 spiro atoms. The Morgan fingerprint density at radius 1 is 1.23 bits per heavy atom. The number of rotatable bonds is 5. The molecule has 1 aliphatic rings. The molecule has 0 aliphatic carbocycles. The number of aliphatic hydroxyl groups is 3. The van der Waals surface area contributed by atoms with Gasteiger partial charge in [0.05, 0.1) is 11.6 Å². The molecule has 0 saturated carbocycles. The second-order valence-electron chi connectivity index (χ2n) is 6.82. The average Bonchev–Trinajstić information content (AvgIpc) is 3.28. The number of anilines is 1. The molecular weight excluding hydrogens is 416 g/mol. The quantitative estimate of drug-likeness (QED) is 0.356. The lowest BCUT2D eigenvalue weighted by atomic mass is 9.99. The molecule has 2 aromatic heterocycles. The molecule has 0 radical (unpaired) electrons. The fraction of sp³-hybridized carbons (Fsp3) is 0.333. The number of hydrogen-bond donors (Lipinski definition) is 5. The van der Waals surface area contributed by atoms with Crippen LogP contribution in [0.3, 0.4) is 0 Å². The highest BCUT2D eigenvalue weighted by atomic mass is 35.5. The Morgan fingerprint density at radius 2 is 1.97 bits per heavy atom. The minimum Gasteiger partial charge on any atom is -0.387 e. The number of aromatic nitrogens is 4. The number of hydrogen-bond acceptors (Lipinski definition) is 9. The first kappa shape index (κ1) is 20.4. The van der Waals surface area contributed by atoms with Crippen molar-refractivity contribution >= 4 is 34.4 Å². The van der Waals surface area contributed by atoms with Crippen LogP contribution in [0.2, 0.25) is 5.02 Å². The van der Waals surface area contributed by atoms with Crippen LogP contribution in [0.1, 0.15) is 24.8 Å². The molecule has 0 bridgehead atoms. The molecule has 0 unspecified atom stereocenters. The van der Waals surface area contributed by atoms with E-state index in [9.17, 15) is 20.1 Å². The highest BCUT2D eigenvalue weighted by molar-refractivity contribution is 6.30. The third kappa shape index (κ3) is 3.68. The van der Waals surface area contributed by atoms with Gasteiger partial charge in [0.1, 0.15) is 30.7 Å². The highest BCUT2D eigenvalue weighted by Crippen LogP contribution is 2.37. The zero-order chi connectivity index (χ0) is 21.4. The van der Waals surface area contributed by atoms with Gasteiger partial charge in [-0.15, -0.1) is 0 Å². The Balaban J connectivity index is 1.61. The lowest BCUT2D eigenvalue weighted by molar-refractivity contribution is -0.118. The fourth-order valence-corrected chi connectivity index (χ4v) is 3.42. The lowest BCUT2D eigenvalue weighted by Crippen LogP contribution is -2.35. The second kappa shape index (κ2) is 8.13. The van der Waals surface area contributed by atoms with Crippen LogP contribution in [0, 0.1) is 0 Å². The van der Waals surface area contributed by atoms with Gasteiger partial charge in [0.25, 0.3) is 0 Å². The smallest absolute Gasteiger partial charge is 0.235 e. The summed E-state index contributed by atoms with van der Waals surface area (Å²) in [6.45, 7) is 1.34. The largest absolute Gasteiger partial charge is 0.387 e. The van der Waals surface area contributed by atoms with Gasteiger partial charge in [0.2, 0.25) is 5.91 Å². The van der Waals surface area contributed by atoms with E-state index in [4.69, 9.17) is 16.3 Å². The fourth-order valence-electron chi connectivity index (χ4n) is 3.29. The van der Waals surface area contributed by atoms with E-state index in [1.165, 1.54) is 24.1 Å². The van der Waals surface area contributed by atoms with Gasteiger partial charge in [-0.1, -0.05) is 23.7 Å². The molecule has 1 aromatic carbocycles. The molecule has 30 heavy (non-hydrogen) atoms. The summed E-state index contributed by atoms with van der Waals surface area (Å²) in [4.78, 5) is 19.3. The van der Waals surface area contributed by atoms with Crippen molar-refractivity contribution in [1.29, 1.82) is 0 Å². The van der Waals surface area contributed by atoms with E-state index in [-0.39, 0.29) is 5.91 Å². The molecule has 1 fully saturated rings. The number of aliphatic hydroxyl groups excluding tert-OH is 3. The van der Waals surface area contributed by atoms with Gasteiger partial charge < -0.3 is 20.1 Å². The first-order chi connectivity index (χ1) is 14.4. The normalized spacial score (nSPS) is 24.7. The number of ether oxygens (including phenoxy) is 1. The van der Waals surface area contributed by atoms with Gasteiger partial charge in [-0.25, -0.2) is 14.6 Å². The van der Waals surface area contributed by atoms with Crippen LogP contribution in [0.5, 0.6) is 0 Å². The summed E-state index contributed by atoms with van der Waals surface area (Å²) >= 11 is 5.87. The Morgan fingerprint density at radius 3 is 2.67 bits per heavy atom. The number of nitrogens with zero attached hydrogens (tertiary/aromatic N) is 4. The number of halogens is 1. The number of hydrazine groups is 1. The molecule has 3 aromatic rings. The zero-order valence-corrected chi connectivity index (χ0v) is 16.4. The Kier molecular flexibility index (Phi) is 5.54. The van der Waals surface area contributed by atoms with E-state index >= 15 is 0 Å². The molecule has 1 amide bonds. The zero-order valence-electron chi connectivity index (χ0n) is 15.7. The summed E-state index contributed by atoms with van der Waals surface area (Å²) in [7, 11) is 0. The summed E-state index contributed by atoms with van der Waals surface area (Å²) in [5.41, 5.74) is 5.85. The monoisotopic (exact) mass is 434 g/mol. The topological polar surface area (TPSA) is 155 Å². The van der Waals surface area contributed by atoms with Crippen LogP contribution in [0.15, 0.2) is 36.8 Å². The number of nitrogens with one attached hydrogen (secondary N) is 2. The van der Waals surface area contributed by atoms with Crippen LogP contribution in [-0.4, -0.2) is 59.3 Å². The Hall–Kier alpha value is -2.83. The number of carbonyl (C=O) groups excluding carboxylic acids is 1. The van der Waals surface area contributed by atoms with Crippen molar-refractivity contribution in [3.8, 4) is 0 Å². The first-order valence-electron chi connectivity index (χ1n) is 9.02. The van der Waals surface area contributed by atoms with Crippen LogP contribution in [-0.2, 0) is 9.53 Å². The van der Waals surface area contributed by atoms with E-state index in [0.29, 0.717) is 27.4 Å². The van der Waals surface area contributed by atoms with Crippen LogP contribution in [0.4, 0.5) is 5.82 Å². The standard InChI is InChI=1S/C18H19ClN6O5/c1-8(26)23-24-16-11-6-22-25(17(11)21-7-20-16)18-14(29)13(28)15(30-18)12(27)9-2-4-10(19)5-3-9/h2-7,12-15,18,27-29H,1H3,(H,23,26)(H,20,21,24)/t12-,13+,14-,15-,18-/m1/s1. The molecule has 5 N–H and O–H groups in total. The van der Waals surface area contributed by atoms with E-state index in [1.54, 1.807) is 24.3 Å². The summed E-state index contributed by atoms with van der Waals surface area (Å²) in [6, 6.07) is 6.44. The maximum Gasteiger partial charge on any atom is 0.235 e. The van der Waals surface area contributed by atoms with Crippen molar-refractivity contribution in [3.05, 3.63) is 47.4 Å². The number of amides is 1. The van der Waals surface area contributed by atoms with Gasteiger partial charge in [0.15, 0.2) is 17.7 Å². The van der Waals surface area contributed by atoms with Crippen molar-refractivity contribution < 1.29 is 24.9 Å². The average molecular weight is 435 g/mol. The van der Waals surface area contributed by atoms with E-state index < -0.39 is 30.6 Å². The van der Waals surface area contributed by atoms with Crippen LogP contribution < -0.4 is 10.9 Å². The third-order valence-corrected chi connectivity index (χ3v) is 5.04. The minimum atomic E-state index is -1.38. The van der Waals surface area contributed by atoms with Gasteiger partial charge in [-0.3, -0.25) is 15.6 Å². The first-order valence-corrected chi connectivity index (χ1v) is 9.40. The molecule has 4 rings (SSSR count). The van der Waals surface area contributed by atoms with E-state index in [0.717, 1.165) is 0 Å². The number of fused-ring (bicyclic) bond motifs is 1. The Bertz CT molecular complexity index is 1060. The molecule has 5 atom stereocenters. The van der Waals surface area contributed by atoms with Gasteiger partial charge in [-0.2, -0.15) is 5.10 Å². The summed E-state index contributed by atoms with van der Waals surface area (Å²) < 4.78 is 7.08. The molecule has 11 nitrogen and oxygen atoms in total. The minimum absolute atomic E-state index is 0.298. The van der Waals surface area contributed by atoms with Crippen molar-refractivity contribution in [2.75, 3.05) is 5.43 Å². The molecule has 1 saturated heterocycles. The van der Waals surface area contributed by atoms with Gasteiger partial charge >= 0.3 is 0 Å². The van der Waals surface area contributed by atoms with Crippen molar-refractivity contribution in [3.63, 3.8) is 0 Å². The van der Waals surface area contributed by atoms with Crippen molar-refractivity contribution in [1.82, 2.24) is 25.2 Å². The van der Waals surface area contributed by atoms with Gasteiger partial charge in [0, 0.05) is 11.9 Å². The molecule has 12 heteroatoms. The maximum atomic E-state index is 11.1. The van der Waals surface area contributed by atoms with Crippen LogP contribution in [0.25, 0.3) is 11.0 Å². The molecule has 158 valence electrons. The molecule has 1 aliphatic heterocycles. The highest BCUT2D eigenvalue weighted by Gasteiger charge is 2.48. The third-order valence-electron chi connectivity index (χ3n) is 4.79. The van der Waals surface area contributed by atoms with Crippen molar-refractivity contribution in [2.24, 2.45) is 0 Å². The van der Waals surface area contributed by atoms with E-state index in [2.05, 4.69) is 25.9 Å². The van der Waals surface area contributed by atoms with Crippen molar-refractivity contribution in [2.45, 2.75) is 37.6 Å². The van der Waals surface area contributed by atoms with Crippen LogP contribution >= 0.6 is 11.6 Å². The number of benzene rings is 1.